The van der Waals surface area contributed by atoms with Crippen molar-refractivity contribution in [1.29, 1.82) is 0 Å². The quantitative estimate of drug-likeness (QED) is 0.428. The molecule has 1 atom stereocenters. The van der Waals surface area contributed by atoms with Gasteiger partial charge >= 0.3 is 0 Å². The number of benzene rings is 2. The van der Waals surface area contributed by atoms with Gasteiger partial charge in [0.2, 0.25) is 5.91 Å². The van der Waals surface area contributed by atoms with Crippen LogP contribution in [-0.2, 0) is 14.8 Å². The number of carbonyl (C=O) groups is 1. The minimum absolute atomic E-state index is 0. The number of nitrogens with zero attached hydrogens (tertiary/aromatic N) is 5. The van der Waals surface area contributed by atoms with Crippen LogP contribution in [0.3, 0.4) is 0 Å². The number of amides is 1. The molecule has 1 saturated heterocycles. The Labute approximate surface area is 211 Å². The van der Waals surface area contributed by atoms with Gasteiger partial charge in [0.1, 0.15) is 18.2 Å². The number of rotatable bonds is 6. The first kappa shape index (κ1) is 23.8. The number of para-hydroxylation sites is 1. The van der Waals surface area contributed by atoms with Crippen LogP contribution in [0.4, 0.5) is 11.5 Å². The molecule has 3 heterocycles. The summed E-state index contributed by atoms with van der Waals surface area (Å²) in [7, 11) is -3.75. The lowest BCUT2D eigenvalue weighted by Crippen LogP contribution is -2.50. The number of hydrogen-bond donors (Lipinski definition) is 1. The molecule has 36 heavy (non-hydrogen) atoms. The van der Waals surface area contributed by atoms with Gasteiger partial charge < -0.3 is 14.4 Å². The highest BCUT2D eigenvalue weighted by molar-refractivity contribution is 7.92. The van der Waals surface area contributed by atoms with Crippen molar-refractivity contribution in [3.05, 3.63) is 78.9 Å². The van der Waals surface area contributed by atoms with Crippen molar-refractivity contribution in [1.82, 2.24) is 19.4 Å². The van der Waals surface area contributed by atoms with Gasteiger partial charge in [-0.15, -0.1) is 0 Å². The molecule has 188 valence electrons. The van der Waals surface area contributed by atoms with Gasteiger partial charge in [0.25, 0.3) is 10.0 Å². The normalized spacial score (nSPS) is 15.2. The predicted molar refractivity (Wildman–Crippen MR) is 142 cm³/mol. The summed E-state index contributed by atoms with van der Waals surface area (Å²) in [6.45, 7) is 6.56. The van der Waals surface area contributed by atoms with E-state index in [2.05, 4.69) is 42.4 Å². The molecule has 4 aromatic rings. The molecule has 0 aliphatic carbocycles. The number of nitrogens with one attached hydrogen (secondary N) is 1. The first-order chi connectivity index (χ1) is 17.3. The second-order valence-corrected chi connectivity index (χ2v) is 10.6. The average Bonchev–Trinajstić information content (AvgIpc) is 3.24. The molecule has 0 spiro atoms. The van der Waals surface area contributed by atoms with Crippen LogP contribution in [0, 0.1) is 6.92 Å². The maximum absolute atomic E-state index is 13.3. The molecule has 1 N–H and O–H groups in total. The Morgan fingerprint density at radius 2 is 1.75 bits per heavy atom. The summed E-state index contributed by atoms with van der Waals surface area (Å²) in [4.78, 5) is 25.3. The Bertz CT molecular complexity index is 1480. The molecule has 1 amide bonds. The maximum atomic E-state index is 13.3. The number of aryl methyl sites for hydroxylation is 1. The average molecular weight is 507 g/mol. The van der Waals surface area contributed by atoms with E-state index in [1.807, 2.05) is 30.9 Å². The smallest absolute Gasteiger partial charge is 0.263 e. The number of fused-ring (bicyclic) bond motifs is 1. The molecular weight excluding hydrogens is 476 g/mol. The Morgan fingerprint density at radius 1 is 1.03 bits per heavy atom. The third kappa shape index (κ3) is 4.64. The van der Waals surface area contributed by atoms with Crippen molar-refractivity contribution in [2.75, 3.05) is 35.8 Å². The van der Waals surface area contributed by atoms with E-state index in [1.54, 1.807) is 24.3 Å². The fraction of sp³-hybridized carbons (Fsp3) is 0.269. The highest BCUT2D eigenvalue weighted by Gasteiger charge is 2.27. The van der Waals surface area contributed by atoms with E-state index in [9.17, 15) is 13.2 Å². The lowest BCUT2D eigenvalue weighted by Gasteiger charge is -2.37. The fourth-order valence-corrected chi connectivity index (χ4v) is 5.78. The third-order valence-electron chi connectivity index (χ3n) is 6.61. The number of hydrogen-bond acceptors (Lipinski definition) is 6. The second kappa shape index (κ2) is 9.62. The van der Waals surface area contributed by atoms with Crippen LogP contribution in [0.5, 0.6) is 0 Å². The first-order valence-electron chi connectivity index (χ1n) is 11.8. The molecule has 1 aliphatic rings. The molecular formula is C26H30N6O3S. The van der Waals surface area contributed by atoms with Gasteiger partial charge in [-0.1, -0.05) is 18.2 Å². The number of carbonyl (C=O) groups excluding carboxylic acids is 1. The van der Waals surface area contributed by atoms with Gasteiger partial charge in [-0.2, -0.15) is 0 Å². The molecule has 9 nitrogen and oxygen atoms in total. The Balaban J connectivity index is 0.00000320. The van der Waals surface area contributed by atoms with Crippen LogP contribution in [0.25, 0.3) is 10.9 Å². The van der Waals surface area contributed by atoms with Crippen LogP contribution in [0.1, 0.15) is 20.1 Å². The SMILES string of the molecule is Cc1cc2ccccc2n1C(C)C(=O)N1CCN(c2ccc(S(=O)(=O)Nc3ccncn3)cc2)CC1.[HH]. The van der Waals surface area contributed by atoms with E-state index in [1.165, 1.54) is 18.6 Å². The lowest BCUT2D eigenvalue weighted by molar-refractivity contribution is -0.134. The van der Waals surface area contributed by atoms with E-state index in [-0.39, 0.29) is 24.1 Å². The van der Waals surface area contributed by atoms with Crippen molar-refractivity contribution >= 4 is 38.3 Å². The van der Waals surface area contributed by atoms with E-state index < -0.39 is 10.0 Å². The van der Waals surface area contributed by atoms with Gasteiger partial charge in [-0.05, 0) is 61.7 Å². The minimum Gasteiger partial charge on any atom is -0.368 e. The summed E-state index contributed by atoms with van der Waals surface area (Å²) in [5.41, 5.74) is 3.06. The van der Waals surface area contributed by atoms with E-state index in [0.717, 1.165) is 22.3 Å². The molecule has 5 rings (SSSR count). The number of aromatic nitrogens is 3. The largest absolute Gasteiger partial charge is 0.368 e. The highest BCUT2D eigenvalue weighted by atomic mass is 32.2. The van der Waals surface area contributed by atoms with Crippen molar-refractivity contribution in [2.45, 2.75) is 24.8 Å². The topological polar surface area (TPSA) is 100 Å². The number of anilines is 2. The van der Waals surface area contributed by atoms with Gasteiger partial charge in [-0.3, -0.25) is 9.52 Å². The zero-order valence-corrected chi connectivity index (χ0v) is 21.0. The third-order valence-corrected chi connectivity index (χ3v) is 7.98. The van der Waals surface area contributed by atoms with Gasteiger partial charge in [-0.25, -0.2) is 18.4 Å². The molecule has 1 unspecified atom stereocenters. The summed E-state index contributed by atoms with van der Waals surface area (Å²) in [6, 6.07) is 18.2. The standard InChI is InChI=1S/C26H28N6O3S.H2/c1-19-17-21-5-3-4-6-24(21)32(19)20(2)26(33)31-15-13-30(14-16-31)22-7-9-23(10-8-22)36(34,35)29-25-11-12-27-18-28-25;/h3-12,17-18,20H,13-16H2,1-2H3,(H,27,28,29);1H. The van der Waals surface area contributed by atoms with E-state index in [4.69, 9.17) is 0 Å². The lowest BCUT2D eigenvalue weighted by atomic mass is 10.2. The van der Waals surface area contributed by atoms with Crippen LogP contribution >= 0.6 is 0 Å². The van der Waals surface area contributed by atoms with Crippen LogP contribution in [0.15, 0.2) is 78.1 Å². The molecule has 0 saturated carbocycles. The van der Waals surface area contributed by atoms with Gasteiger partial charge in [0, 0.05) is 50.7 Å². The molecule has 1 aliphatic heterocycles. The van der Waals surface area contributed by atoms with Crippen LogP contribution < -0.4 is 9.62 Å². The minimum atomic E-state index is -3.75. The van der Waals surface area contributed by atoms with Crippen molar-refractivity contribution in [3.8, 4) is 0 Å². The molecule has 0 bridgehead atoms. The summed E-state index contributed by atoms with van der Waals surface area (Å²) < 4.78 is 29.8. The van der Waals surface area contributed by atoms with E-state index in [0.29, 0.717) is 26.2 Å². The van der Waals surface area contributed by atoms with Crippen molar-refractivity contribution in [2.24, 2.45) is 0 Å². The second-order valence-electron chi connectivity index (χ2n) is 8.90. The van der Waals surface area contributed by atoms with Crippen LogP contribution in [-0.4, -0.2) is 59.9 Å². The molecule has 2 aromatic heterocycles. The van der Waals surface area contributed by atoms with Crippen LogP contribution in [0.2, 0.25) is 0 Å². The monoisotopic (exact) mass is 506 g/mol. The first-order valence-corrected chi connectivity index (χ1v) is 13.3. The fourth-order valence-electron chi connectivity index (χ4n) is 4.77. The zero-order chi connectivity index (χ0) is 25.3. The Morgan fingerprint density at radius 3 is 2.44 bits per heavy atom. The highest BCUT2D eigenvalue weighted by Crippen LogP contribution is 2.26. The number of piperazine rings is 1. The summed E-state index contributed by atoms with van der Waals surface area (Å²) >= 11 is 0. The molecule has 1 fully saturated rings. The van der Waals surface area contributed by atoms with E-state index >= 15 is 0 Å². The Hall–Kier alpha value is -3.92. The van der Waals surface area contributed by atoms with Crippen molar-refractivity contribution in [3.63, 3.8) is 0 Å². The van der Waals surface area contributed by atoms with Crippen molar-refractivity contribution < 1.29 is 14.6 Å². The zero-order valence-electron chi connectivity index (χ0n) is 20.2. The number of sulfonamides is 1. The summed E-state index contributed by atoms with van der Waals surface area (Å²) in [6.07, 6.45) is 2.76. The Kier molecular flexibility index (Phi) is 6.36. The molecule has 0 radical (unpaired) electrons. The molecule has 2 aromatic carbocycles. The summed E-state index contributed by atoms with van der Waals surface area (Å²) in [5, 5.41) is 1.14. The summed E-state index contributed by atoms with van der Waals surface area (Å²) in [5.74, 6) is 0.323. The van der Waals surface area contributed by atoms with Gasteiger partial charge in [0.15, 0.2) is 0 Å². The molecule has 10 heteroatoms. The maximum Gasteiger partial charge on any atom is 0.263 e. The predicted octanol–water partition coefficient (Wildman–Crippen LogP) is 3.70. The van der Waals surface area contributed by atoms with Gasteiger partial charge in [0.05, 0.1) is 4.90 Å².